The van der Waals surface area contributed by atoms with Crippen LogP contribution in [0.1, 0.15) is 27.0 Å². The molecule has 0 aliphatic rings. The quantitative estimate of drug-likeness (QED) is 0.112. The molecule has 0 aliphatic carbocycles. The minimum absolute atomic E-state index is 0.130. The summed E-state index contributed by atoms with van der Waals surface area (Å²) in [5.41, 5.74) is 10.5. The van der Waals surface area contributed by atoms with Crippen LogP contribution in [0.5, 0.6) is 0 Å². The Kier molecular flexibility index (Phi) is 8.01. The number of nitrogens with two attached hydrogens (primary N) is 1. The second-order valence-electron chi connectivity index (χ2n) is 9.71. The van der Waals surface area contributed by atoms with Crippen LogP contribution in [0.4, 0.5) is 11.4 Å². The summed E-state index contributed by atoms with van der Waals surface area (Å²) in [5.74, 6) is -0.366. The molecule has 0 fully saturated rings. The van der Waals surface area contributed by atoms with Crippen molar-refractivity contribution in [2.24, 2.45) is 0 Å². The van der Waals surface area contributed by atoms with Crippen molar-refractivity contribution in [1.29, 1.82) is 0 Å². The lowest BCUT2D eigenvalue weighted by atomic mass is 9.85. The van der Waals surface area contributed by atoms with Crippen molar-refractivity contribution in [1.82, 2.24) is 0 Å². The minimum Gasteiger partial charge on any atom is -0.397 e. The lowest BCUT2D eigenvalue weighted by Gasteiger charge is -2.35. The van der Waals surface area contributed by atoms with Gasteiger partial charge < -0.3 is 20.8 Å². The van der Waals surface area contributed by atoms with Crippen LogP contribution in [0.3, 0.4) is 0 Å². The monoisotopic (exact) mass is 568 g/mol. The van der Waals surface area contributed by atoms with E-state index in [2.05, 4.69) is 5.32 Å². The van der Waals surface area contributed by atoms with Crippen molar-refractivity contribution in [2.75, 3.05) is 11.1 Å². The highest BCUT2D eigenvalue weighted by atomic mass is 32.1. The van der Waals surface area contributed by atoms with Gasteiger partial charge in [0.25, 0.3) is 5.91 Å². The molecule has 202 valence electrons. The van der Waals surface area contributed by atoms with Crippen LogP contribution in [0.15, 0.2) is 121 Å². The molecule has 0 atom stereocenters. The topological polar surface area (TPSA) is 113 Å². The molecule has 0 saturated carbocycles. The third-order valence-corrected chi connectivity index (χ3v) is 9.64. The molecule has 0 aliphatic heterocycles. The molecule has 0 bridgehead atoms. The number of carbonyl (C=O) groups excluding carboxylic acids is 1. The molecule has 0 spiro atoms. The van der Waals surface area contributed by atoms with Gasteiger partial charge in [0, 0.05) is 10.4 Å². The average molecular weight is 569 g/mol. The smallest absolute Gasteiger partial charge is 0.336 e. The van der Waals surface area contributed by atoms with E-state index in [9.17, 15) is 19.1 Å². The van der Waals surface area contributed by atoms with Gasteiger partial charge in [0.15, 0.2) is 0 Å². The van der Waals surface area contributed by atoms with E-state index in [4.69, 9.17) is 5.73 Å². The van der Waals surface area contributed by atoms with Crippen LogP contribution in [-0.4, -0.2) is 15.7 Å². The van der Waals surface area contributed by atoms with Gasteiger partial charge in [-0.25, -0.2) is 0 Å². The van der Waals surface area contributed by atoms with Gasteiger partial charge in [-0.05, 0) is 70.8 Å². The lowest BCUT2D eigenvalue weighted by Crippen LogP contribution is -2.32. The largest absolute Gasteiger partial charge is 0.397 e. The molecule has 0 unspecified atom stereocenters. The Morgan fingerprint density at radius 2 is 1.40 bits per heavy atom. The van der Waals surface area contributed by atoms with E-state index in [0.29, 0.717) is 22.5 Å². The first-order chi connectivity index (χ1) is 19.2. The zero-order valence-electron chi connectivity index (χ0n) is 21.6. The van der Waals surface area contributed by atoms with Crippen molar-refractivity contribution in [3.05, 3.63) is 143 Å². The molecule has 8 heteroatoms. The van der Waals surface area contributed by atoms with Crippen LogP contribution in [0, 0.1) is 0 Å². The molecule has 1 heterocycles. The van der Waals surface area contributed by atoms with Crippen molar-refractivity contribution < 1.29 is 19.1 Å². The number of hydrogen-bond acceptors (Lipinski definition) is 4. The number of benzene rings is 4. The van der Waals surface area contributed by atoms with Gasteiger partial charge in [-0.2, -0.15) is 0 Å². The summed E-state index contributed by atoms with van der Waals surface area (Å²) in [4.78, 5) is 35.9. The lowest BCUT2D eigenvalue weighted by molar-refractivity contribution is 0.102. The normalized spacial score (nSPS) is 11.8. The van der Waals surface area contributed by atoms with Gasteiger partial charge in [0.2, 0.25) is 0 Å². The predicted octanol–water partition coefficient (Wildman–Crippen LogP) is 7.11. The fourth-order valence-corrected chi connectivity index (χ4v) is 6.88. The van der Waals surface area contributed by atoms with Gasteiger partial charge in [0.1, 0.15) is 5.16 Å². The number of rotatable bonds is 9. The third-order valence-electron chi connectivity index (χ3n) is 7.03. The Morgan fingerprint density at radius 3 is 1.93 bits per heavy atom. The van der Waals surface area contributed by atoms with Gasteiger partial charge in [-0.15, -0.1) is 11.3 Å². The van der Waals surface area contributed by atoms with E-state index in [0.717, 1.165) is 21.6 Å². The SMILES string of the molecule is Nc1ccc(-c2cccs2)cc1NC(=O)c1ccc(C(Cc2ccccc2)(Cc2ccccc2)P(=O)(O)O)cc1. The standard InChI is InChI=1S/C32H29N2O4PS/c33-28-18-15-26(30-12-7-19-40-30)20-29(28)34-31(35)25-13-16-27(17-14-25)32(39(36,37)38,21-23-8-3-1-4-9-23)22-24-10-5-2-6-11-24/h1-20H,21-22,33H2,(H,34,35)(H2,36,37,38). The second kappa shape index (κ2) is 11.6. The molecule has 5 N–H and O–H groups in total. The predicted molar refractivity (Wildman–Crippen MR) is 163 cm³/mol. The summed E-state index contributed by atoms with van der Waals surface area (Å²) in [6.07, 6.45) is 0.259. The fourth-order valence-electron chi connectivity index (χ4n) is 4.89. The van der Waals surface area contributed by atoms with E-state index < -0.39 is 12.8 Å². The summed E-state index contributed by atoms with van der Waals surface area (Å²) in [5, 5.41) is 3.35. The number of thiophene rings is 1. The summed E-state index contributed by atoms with van der Waals surface area (Å²) in [6.45, 7) is 0. The van der Waals surface area contributed by atoms with Crippen molar-refractivity contribution in [3.8, 4) is 10.4 Å². The summed E-state index contributed by atoms with van der Waals surface area (Å²) < 4.78 is 13.3. The van der Waals surface area contributed by atoms with Crippen molar-refractivity contribution >= 4 is 36.2 Å². The third kappa shape index (κ3) is 5.93. The molecule has 0 radical (unpaired) electrons. The Balaban J connectivity index is 1.48. The maximum absolute atomic E-state index is 13.3. The van der Waals surface area contributed by atoms with Crippen LogP contribution < -0.4 is 11.1 Å². The molecule has 6 nitrogen and oxygen atoms in total. The molecule has 1 amide bonds. The van der Waals surface area contributed by atoms with Gasteiger partial charge in [-0.3, -0.25) is 9.36 Å². The molecule has 5 rings (SSSR count). The van der Waals surface area contributed by atoms with Crippen molar-refractivity contribution in [2.45, 2.75) is 18.0 Å². The first kappa shape index (κ1) is 27.6. The molecule has 5 aromatic rings. The number of carbonyl (C=O) groups is 1. The molecule has 40 heavy (non-hydrogen) atoms. The highest BCUT2D eigenvalue weighted by Gasteiger charge is 2.48. The highest BCUT2D eigenvalue weighted by molar-refractivity contribution is 7.53. The van der Waals surface area contributed by atoms with Gasteiger partial charge in [-0.1, -0.05) is 84.9 Å². The van der Waals surface area contributed by atoms with E-state index in [-0.39, 0.29) is 18.7 Å². The van der Waals surface area contributed by atoms with Crippen LogP contribution in [0.25, 0.3) is 10.4 Å². The Hall–Kier alpha value is -4.00. The van der Waals surface area contributed by atoms with Crippen molar-refractivity contribution in [3.63, 3.8) is 0 Å². The molecule has 4 aromatic carbocycles. The fraction of sp³-hybridized carbons (Fsp3) is 0.0938. The number of anilines is 2. The molecular formula is C32H29N2O4PS. The highest BCUT2D eigenvalue weighted by Crippen LogP contribution is 2.60. The Morgan fingerprint density at radius 1 is 0.800 bits per heavy atom. The van der Waals surface area contributed by atoms with E-state index >= 15 is 0 Å². The van der Waals surface area contributed by atoms with E-state index in [1.54, 1.807) is 41.7 Å². The van der Waals surface area contributed by atoms with Crippen LogP contribution in [-0.2, 0) is 22.6 Å². The minimum atomic E-state index is -4.71. The van der Waals surface area contributed by atoms with E-state index in [1.165, 1.54) is 0 Å². The Labute approximate surface area is 237 Å². The summed E-state index contributed by atoms with van der Waals surface area (Å²) >= 11 is 1.60. The first-order valence-electron chi connectivity index (χ1n) is 12.7. The zero-order valence-corrected chi connectivity index (χ0v) is 23.3. The van der Waals surface area contributed by atoms with Crippen LogP contribution in [0.2, 0.25) is 0 Å². The number of nitrogen functional groups attached to an aromatic ring is 1. The Bertz CT molecular complexity index is 1590. The summed E-state index contributed by atoms with van der Waals surface area (Å²) in [7, 11) is -4.71. The maximum atomic E-state index is 13.3. The first-order valence-corrected chi connectivity index (χ1v) is 15.2. The molecular weight excluding hydrogens is 539 g/mol. The number of nitrogens with one attached hydrogen (secondary N) is 1. The van der Waals surface area contributed by atoms with Gasteiger partial charge >= 0.3 is 7.60 Å². The van der Waals surface area contributed by atoms with E-state index in [1.807, 2.05) is 90.3 Å². The maximum Gasteiger partial charge on any atom is 0.336 e. The molecule has 1 aromatic heterocycles. The zero-order chi connectivity index (χ0) is 28.2. The average Bonchev–Trinajstić information content (AvgIpc) is 3.50. The van der Waals surface area contributed by atoms with Gasteiger partial charge in [0.05, 0.1) is 11.4 Å². The molecule has 0 saturated heterocycles. The summed E-state index contributed by atoms with van der Waals surface area (Å²) in [6, 6.07) is 34.6. The number of amides is 1. The second-order valence-corrected chi connectivity index (χ2v) is 12.6. The number of hydrogen-bond donors (Lipinski definition) is 4. The van der Waals surface area contributed by atoms with Crippen LogP contribution >= 0.6 is 18.9 Å².